The van der Waals surface area contributed by atoms with Gasteiger partial charge in [0.25, 0.3) is 0 Å². The highest BCUT2D eigenvalue weighted by molar-refractivity contribution is 5.51. The molecule has 0 aliphatic rings. The standard InChI is InChI=1S/C9H8F3N/c10-7-3-4-8(11)9(12)6(7)2-1-5-13/h1-4H,5,13H2/b2-1+. The van der Waals surface area contributed by atoms with Gasteiger partial charge in [-0.05, 0) is 12.1 Å². The molecule has 0 saturated carbocycles. The van der Waals surface area contributed by atoms with E-state index in [0.29, 0.717) is 0 Å². The fourth-order valence-electron chi connectivity index (χ4n) is 0.881. The maximum atomic E-state index is 12.9. The molecule has 4 heteroatoms. The summed E-state index contributed by atoms with van der Waals surface area (Å²) in [5, 5.41) is 0. The van der Waals surface area contributed by atoms with Crippen LogP contribution in [0.4, 0.5) is 13.2 Å². The lowest BCUT2D eigenvalue weighted by atomic mass is 10.2. The van der Waals surface area contributed by atoms with Crippen LogP contribution in [0.3, 0.4) is 0 Å². The minimum Gasteiger partial charge on any atom is -0.327 e. The Balaban J connectivity index is 3.17. The first kappa shape index (κ1) is 9.80. The molecular weight excluding hydrogens is 179 g/mol. The molecule has 1 aromatic carbocycles. The first-order chi connectivity index (χ1) is 6.16. The SMILES string of the molecule is NC/C=C/c1c(F)ccc(F)c1F. The van der Waals surface area contributed by atoms with Gasteiger partial charge in [-0.2, -0.15) is 0 Å². The molecule has 0 amide bonds. The van der Waals surface area contributed by atoms with Gasteiger partial charge in [0.05, 0.1) is 0 Å². The normalized spacial score (nSPS) is 11.1. The number of hydrogen-bond donors (Lipinski definition) is 1. The van der Waals surface area contributed by atoms with Gasteiger partial charge in [-0.1, -0.05) is 12.2 Å². The van der Waals surface area contributed by atoms with E-state index in [-0.39, 0.29) is 6.54 Å². The first-order valence-electron chi connectivity index (χ1n) is 3.67. The van der Waals surface area contributed by atoms with E-state index >= 15 is 0 Å². The summed E-state index contributed by atoms with van der Waals surface area (Å²) in [5.41, 5.74) is 4.69. The minimum atomic E-state index is -1.19. The van der Waals surface area contributed by atoms with Crippen molar-refractivity contribution < 1.29 is 13.2 Å². The second-order valence-electron chi connectivity index (χ2n) is 2.39. The van der Waals surface area contributed by atoms with Crippen molar-refractivity contribution in [2.75, 3.05) is 6.54 Å². The van der Waals surface area contributed by atoms with Crippen LogP contribution in [0.1, 0.15) is 5.56 Å². The molecule has 0 saturated heterocycles. The third-order valence-corrected chi connectivity index (χ3v) is 1.50. The Labute approximate surface area is 73.7 Å². The third kappa shape index (κ3) is 2.09. The van der Waals surface area contributed by atoms with E-state index in [4.69, 9.17) is 5.73 Å². The van der Waals surface area contributed by atoms with Crippen LogP contribution >= 0.6 is 0 Å². The van der Waals surface area contributed by atoms with Crippen molar-refractivity contribution in [3.63, 3.8) is 0 Å². The van der Waals surface area contributed by atoms with E-state index in [9.17, 15) is 13.2 Å². The summed E-state index contributed by atoms with van der Waals surface area (Å²) >= 11 is 0. The van der Waals surface area contributed by atoms with E-state index < -0.39 is 23.0 Å². The second kappa shape index (κ2) is 4.09. The summed E-state index contributed by atoms with van der Waals surface area (Å²) in [5.74, 6) is -3.06. The Hall–Kier alpha value is -1.29. The Morgan fingerprint density at radius 3 is 2.38 bits per heavy atom. The van der Waals surface area contributed by atoms with Gasteiger partial charge in [-0.15, -0.1) is 0 Å². The monoisotopic (exact) mass is 187 g/mol. The highest BCUT2D eigenvalue weighted by Gasteiger charge is 2.10. The van der Waals surface area contributed by atoms with Gasteiger partial charge in [-0.25, -0.2) is 13.2 Å². The van der Waals surface area contributed by atoms with Crippen LogP contribution < -0.4 is 5.73 Å². The number of halogens is 3. The van der Waals surface area contributed by atoms with Gasteiger partial charge in [0.1, 0.15) is 5.82 Å². The minimum absolute atomic E-state index is 0.148. The van der Waals surface area contributed by atoms with Crippen molar-refractivity contribution in [2.45, 2.75) is 0 Å². The van der Waals surface area contributed by atoms with E-state index in [1.165, 1.54) is 6.08 Å². The van der Waals surface area contributed by atoms with Gasteiger partial charge in [0.15, 0.2) is 11.6 Å². The fourth-order valence-corrected chi connectivity index (χ4v) is 0.881. The van der Waals surface area contributed by atoms with E-state index in [1.807, 2.05) is 0 Å². The van der Waals surface area contributed by atoms with Gasteiger partial charge >= 0.3 is 0 Å². The topological polar surface area (TPSA) is 26.0 Å². The molecule has 0 aliphatic carbocycles. The van der Waals surface area contributed by atoms with Gasteiger partial charge in [0, 0.05) is 12.1 Å². The molecule has 0 spiro atoms. The Kier molecular flexibility index (Phi) is 3.08. The molecule has 0 radical (unpaired) electrons. The van der Waals surface area contributed by atoms with Crippen LogP contribution in [0.2, 0.25) is 0 Å². The molecular formula is C9H8F3N. The molecule has 1 aromatic rings. The van der Waals surface area contributed by atoms with Crippen molar-refractivity contribution in [3.05, 3.63) is 41.2 Å². The van der Waals surface area contributed by atoms with E-state index in [1.54, 1.807) is 0 Å². The van der Waals surface area contributed by atoms with Crippen LogP contribution in [0, 0.1) is 17.5 Å². The zero-order valence-corrected chi connectivity index (χ0v) is 6.73. The summed E-state index contributed by atoms with van der Waals surface area (Å²) in [4.78, 5) is 0. The van der Waals surface area contributed by atoms with Crippen molar-refractivity contribution in [1.29, 1.82) is 0 Å². The van der Waals surface area contributed by atoms with Crippen LogP contribution in [-0.4, -0.2) is 6.54 Å². The van der Waals surface area contributed by atoms with E-state index in [2.05, 4.69) is 0 Å². The van der Waals surface area contributed by atoms with Crippen molar-refractivity contribution in [2.24, 2.45) is 5.73 Å². The van der Waals surface area contributed by atoms with Crippen molar-refractivity contribution >= 4 is 6.08 Å². The first-order valence-corrected chi connectivity index (χ1v) is 3.67. The molecule has 0 heterocycles. The van der Waals surface area contributed by atoms with Gasteiger partial charge < -0.3 is 5.73 Å². The van der Waals surface area contributed by atoms with Gasteiger partial charge in [-0.3, -0.25) is 0 Å². The molecule has 0 atom stereocenters. The lowest BCUT2D eigenvalue weighted by Gasteiger charge is -1.99. The lowest BCUT2D eigenvalue weighted by molar-refractivity contribution is 0.492. The average Bonchev–Trinajstić information content (AvgIpc) is 2.12. The lowest BCUT2D eigenvalue weighted by Crippen LogP contribution is -1.96. The Morgan fingerprint density at radius 1 is 1.15 bits per heavy atom. The predicted molar refractivity (Wildman–Crippen MR) is 44.4 cm³/mol. The maximum absolute atomic E-state index is 12.9. The number of rotatable bonds is 2. The summed E-state index contributed by atoms with van der Waals surface area (Å²) in [7, 11) is 0. The summed E-state index contributed by atoms with van der Waals surface area (Å²) in [6.07, 6.45) is 2.47. The summed E-state index contributed by atoms with van der Waals surface area (Å²) in [6, 6.07) is 1.61. The number of nitrogens with two attached hydrogens (primary N) is 1. The maximum Gasteiger partial charge on any atom is 0.168 e. The molecule has 1 rings (SSSR count). The molecule has 0 fully saturated rings. The Morgan fingerprint density at radius 2 is 1.77 bits per heavy atom. The molecule has 0 aromatic heterocycles. The van der Waals surface area contributed by atoms with Crippen molar-refractivity contribution in [1.82, 2.24) is 0 Å². The molecule has 0 unspecified atom stereocenters. The molecule has 0 aliphatic heterocycles. The van der Waals surface area contributed by atoms with Crippen LogP contribution in [0.25, 0.3) is 6.08 Å². The smallest absolute Gasteiger partial charge is 0.168 e. The van der Waals surface area contributed by atoms with Crippen LogP contribution in [-0.2, 0) is 0 Å². The zero-order valence-electron chi connectivity index (χ0n) is 6.73. The molecule has 1 nitrogen and oxygen atoms in total. The fraction of sp³-hybridized carbons (Fsp3) is 0.111. The summed E-state index contributed by atoms with van der Waals surface area (Å²) < 4.78 is 38.3. The zero-order chi connectivity index (χ0) is 9.84. The molecule has 2 N–H and O–H groups in total. The van der Waals surface area contributed by atoms with Gasteiger partial charge in [0.2, 0.25) is 0 Å². The van der Waals surface area contributed by atoms with E-state index in [0.717, 1.165) is 18.2 Å². The molecule has 70 valence electrons. The third-order valence-electron chi connectivity index (χ3n) is 1.50. The highest BCUT2D eigenvalue weighted by Crippen LogP contribution is 2.16. The van der Waals surface area contributed by atoms with Crippen molar-refractivity contribution in [3.8, 4) is 0 Å². The predicted octanol–water partition coefficient (Wildman–Crippen LogP) is 2.08. The second-order valence-corrected chi connectivity index (χ2v) is 2.39. The largest absolute Gasteiger partial charge is 0.327 e. The summed E-state index contributed by atoms with van der Waals surface area (Å²) in [6.45, 7) is 0.148. The van der Waals surface area contributed by atoms with Crippen LogP contribution in [0.15, 0.2) is 18.2 Å². The average molecular weight is 187 g/mol. The quantitative estimate of drug-likeness (QED) is 0.705. The number of hydrogen-bond acceptors (Lipinski definition) is 1. The molecule has 13 heavy (non-hydrogen) atoms. The van der Waals surface area contributed by atoms with Crippen LogP contribution in [0.5, 0.6) is 0 Å². The number of benzene rings is 1. The Bertz CT molecular complexity index is 334. The molecule has 0 bridgehead atoms. The highest BCUT2D eigenvalue weighted by atomic mass is 19.2.